The maximum atomic E-state index is 12.1. The number of carbonyl (C=O) groups excluding carboxylic acids is 1. The SMILES string of the molecule is COCc1nc2ccnc(Nc3cc(C4CCC(OC(=O)NC5(C)CC5)C4)[nH]n3)c2n1C. The standard InChI is InChI=1S/C22H29N7O3/c1-22(7-8-22)26-21(30)32-14-5-4-13(10-14)16-11-17(28-27-16)25-20-19-15(6-9-23-20)24-18(12-31-3)29(19)2/h6,9,11,13-14H,4-5,7-8,10,12H2,1-3H3,(H,26,30)(H2,23,25,27,28). The van der Waals surface area contributed by atoms with Crippen molar-refractivity contribution >= 4 is 28.8 Å². The Balaban J connectivity index is 1.24. The number of aromatic nitrogens is 5. The number of fused-ring (bicyclic) bond motifs is 1. The van der Waals surface area contributed by atoms with Gasteiger partial charge in [0.15, 0.2) is 11.6 Å². The average Bonchev–Trinajstić information content (AvgIpc) is 3.13. The van der Waals surface area contributed by atoms with Crippen LogP contribution in [0.3, 0.4) is 0 Å². The first-order valence-corrected chi connectivity index (χ1v) is 11.0. The molecule has 2 atom stereocenters. The van der Waals surface area contributed by atoms with E-state index in [-0.39, 0.29) is 23.7 Å². The molecule has 3 heterocycles. The number of rotatable bonds is 7. The molecule has 0 radical (unpaired) electrons. The number of nitrogens with zero attached hydrogens (tertiary/aromatic N) is 4. The largest absolute Gasteiger partial charge is 0.446 e. The van der Waals surface area contributed by atoms with Crippen molar-refractivity contribution in [2.45, 2.75) is 63.2 Å². The first-order chi connectivity index (χ1) is 15.4. The first kappa shape index (κ1) is 20.7. The molecule has 0 saturated heterocycles. The number of aryl methyl sites for hydroxylation is 1. The lowest BCUT2D eigenvalue weighted by molar-refractivity contribution is 0.0967. The molecule has 0 spiro atoms. The minimum atomic E-state index is -0.300. The predicted octanol–water partition coefficient (Wildman–Crippen LogP) is 3.50. The van der Waals surface area contributed by atoms with Gasteiger partial charge in [-0.3, -0.25) is 5.10 Å². The van der Waals surface area contributed by atoms with Crippen LogP contribution in [0, 0.1) is 0 Å². The molecule has 0 bridgehead atoms. The lowest BCUT2D eigenvalue weighted by Crippen LogP contribution is -2.36. The number of anilines is 2. The molecular formula is C22H29N7O3. The fraction of sp³-hybridized carbons (Fsp3) is 0.545. The van der Waals surface area contributed by atoms with E-state index in [1.54, 1.807) is 13.3 Å². The molecule has 2 aliphatic carbocycles. The van der Waals surface area contributed by atoms with E-state index in [0.29, 0.717) is 18.2 Å². The van der Waals surface area contributed by atoms with Gasteiger partial charge in [0.2, 0.25) is 0 Å². The van der Waals surface area contributed by atoms with Crippen molar-refractivity contribution in [1.82, 2.24) is 30.0 Å². The van der Waals surface area contributed by atoms with Gasteiger partial charge < -0.3 is 24.7 Å². The molecule has 2 aliphatic rings. The Bertz CT molecular complexity index is 1130. The average molecular weight is 440 g/mol. The van der Waals surface area contributed by atoms with Crippen molar-refractivity contribution in [2.24, 2.45) is 7.05 Å². The van der Waals surface area contributed by atoms with Crippen LogP contribution >= 0.6 is 0 Å². The summed E-state index contributed by atoms with van der Waals surface area (Å²) in [5.74, 6) is 2.49. The summed E-state index contributed by atoms with van der Waals surface area (Å²) in [7, 11) is 3.60. The molecule has 10 nitrogen and oxygen atoms in total. The number of hydrogen-bond donors (Lipinski definition) is 3. The highest BCUT2D eigenvalue weighted by molar-refractivity contribution is 5.88. The normalized spacial score (nSPS) is 21.6. The summed E-state index contributed by atoms with van der Waals surface area (Å²) >= 11 is 0. The van der Waals surface area contributed by atoms with Crippen LogP contribution in [0.5, 0.6) is 0 Å². The fourth-order valence-corrected chi connectivity index (χ4v) is 4.36. The summed E-state index contributed by atoms with van der Waals surface area (Å²) < 4.78 is 12.9. The van der Waals surface area contributed by atoms with E-state index < -0.39 is 0 Å². The van der Waals surface area contributed by atoms with Crippen LogP contribution in [0.2, 0.25) is 0 Å². The summed E-state index contributed by atoms with van der Waals surface area (Å²) in [6.45, 7) is 2.48. The van der Waals surface area contributed by atoms with Crippen LogP contribution in [0.4, 0.5) is 16.4 Å². The zero-order valence-corrected chi connectivity index (χ0v) is 18.6. The fourth-order valence-electron chi connectivity index (χ4n) is 4.36. The van der Waals surface area contributed by atoms with Gasteiger partial charge in [-0.1, -0.05) is 0 Å². The molecule has 3 aromatic rings. The van der Waals surface area contributed by atoms with E-state index in [1.807, 2.05) is 30.7 Å². The van der Waals surface area contributed by atoms with Gasteiger partial charge in [0.25, 0.3) is 0 Å². The van der Waals surface area contributed by atoms with Gasteiger partial charge in [-0.05, 0) is 45.1 Å². The number of nitrogens with one attached hydrogen (secondary N) is 3. The predicted molar refractivity (Wildman–Crippen MR) is 119 cm³/mol. The second-order valence-corrected chi connectivity index (χ2v) is 9.10. The van der Waals surface area contributed by atoms with E-state index in [1.165, 1.54) is 0 Å². The van der Waals surface area contributed by atoms with Crippen LogP contribution in [0.25, 0.3) is 11.0 Å². The molecule has 32 heavy (non-hydrogen) atoms. The maximum Gasteiger partial charge on any atom is 0.407 e. The van der Waals surface area contributed by atoms with E-state index >= 15 is 0 Å². The Labute approximate surface area is 186 Å². The molecule has 5 rings (SSSR count). The third-order valence-corrected chi connectivity index (χ3v) is 6.49. The Morgan fingerprint density at radius 1 is 1.38 bits per heavy atom. The number of carbonyl (C=O) groups is 1. The van der Waals surface area contributed by atoms with Crippen LogP contribution in [-0.4, -0.2) is 49.6 Å². The number of alkyl carbamates (subject to hydrolysis) is 1. The summed E-state index contributed by atoms with van der Waals surface area (Å²) in [5.41, 5.74) is 2.72. The molecule has 1 amide bonds. The number of methoxy groups -OCH3 is 1. The molecule has 2 fully saturated rings. The number of amides is 1. The van der Waals surface area contributed by atoms with Crippen molar-refractivity contribution < 1.29 is 14.3 Å². The zero-order valence-electron chi connectivity index (χ0n) is 18.6. The highest BCUT2D eigenvalue weighted by atomic mass is 16.6. The number of hydrogen-bond acceptors (Lipinski definition) is 7. The molecular weight excluding hydrogens is 410 g/mol. The number of imidazole rings is 1. The quantitative estimate of drug-likeness (QED) is 0.515. The second kappa shape index (κ2) is 8.09. The van der Waals surface area contributed by atoms with Gasteiger partial charge in [-0.2, -0.15) is 5.10 Å². The Hall–Kier alpha value is -3.14. The number of aromatic amines is 1. The zero-order chi connectivity index (χ0) is 22.3. The van der Waals surface area contributed by atoms with E-state index in [2.05, 4.69) is 30.8 Å². The van der Waals surface area contributed by atoms with Crippen LogP contribution in [-0.2, 0) is 23.1 Å². The Morgan fingerprint density at radius 3 is 3.00 bits per heavy atom. The van der Waals surface area contributed by atoms with E-state index in [0.717, 1.165) is 54.7 Å². The van der Waals surface area contributed by atoms with Crippen molar-refractivity contribution in [3.63, 3.8) is 0 Å². The van der Waals surface area contributed by atoms with E-state index in [4.69, 9.17) is 9.47 Å². The molecule has 3 N–H and O–H groups in total. The molecule has 0 aromatic carbocycles. The highest BCUT2D eigenvalue weighted by Gasteiger charge is 2.40. The van der Waals surface area contributed by atoms with Crippen molar-refractivity contribution in [3.05, 3.63) is 29.8 Å². The van der Waals surface area contributed by atoms with Crippen LogP contribution in [0.1, 0.15) is 56.5 Å². The highest BCUT2D eigenvalue weighted by Crippen LogP contribution is 2.37. The van der Waals surface area contributed by atoms with Crippen molar-refractivity contribution in [1.29, 1.82) is 0 Å². The molecule has 170 valence electrons. The van der Waals surface area contributed by atoms with Crippen molar-refractivity contribution in [2.75, 3.05) is 12.4 Å². The smallest absolute Gasteiger partial charge is 0.407 e. The van der Waals surface area contributed by atoms with Crippen molar-refractivity contribution in [3.8, 4) is 0 Å². The summed E-state index contributed by atoms with van der Waals surface area (Å²) in [6.07, 6.45) is 6.01. The summed E-state index contributed by atoms with van der Waals surface area (Å²) in [6, 6.07) is 3.89. The van der Waals surface area contributed by atoms with Gasteiger partial charge in [-0.15, -0.1) is 0 Å². The molecule has 2 unspecified atom stereocenters. The number of pyridine rings is 1. The minimum Gasteiger partial charge on any atom is -0.446 e. The third kappa shape index (κ3) is 4.14. The summed E-state index contributed by atoms with van der Waals surface area (Å²) in [5, 5.41) is 13.8. The van der Waals surface area contributed by atoms with Gasteiger partial charge in [0, 0.05) is 43.6 Å². The third-order valence-electron chi connectivity index (χ3n) is 6.49. The summed E-state index contributed by atoms with van der Waals surface area (Å²) in [4.78, 5) is 21.2. The molecule has 2 saturated carbocycles. The first-order valence-electron chi connectivity index (χ1n) is 11.0. The monoisotopic (exact) mass is 439 g/mol. The second-order valence-electron chi connectivity index (χ2n) is 9.10. The van der Waals surface area contributed by atoms with Gasteiger partial charge in [0.05, 0.1) is 5.52 Å². The van der Waals surface area contributed by atoms with Gasteiger partial charge in [-0.25, -0.2) is 14.8 Å². The van der Waals surface area contributed by atoms with Gasteiger partial charge in [0.1, 0.15) is 24.1 Å². The Morgan fingerprint density at radius 2 is 2.22 bits per heavy atom. The molecule has 10 heteroatoms. The molecule has 0 aliphatic heterocycles. The van der Waals surface area contributed by atoms with Crippen LogP contribution < -0.4 is 10.6 Å². The molecule has 3 aromatic heterocycles. The minimum absolute atomic E-state index is 0.0614. The topological polar surface area (TPSA) is 119 Å². The number of ether oxygens (including phenoxy) is 2. The lowest BCUT2D eigenvalue weighted by atomic mass is 10.0. The maximum absolute atomic E-state index is 12.1. The Kier molecular flexibility index (Phi) is 5.24. The lowest BCUT2D eigenvalue weighted by Gasteiger charge is -2.16. The number of H-pyrrole nitrogens is 1. The van der Waals surface area contributed by atoms with Crippen LogP contribution in [0.15, 0.2) is 18.3 Å². The van der Waals surface area contributed by atoms with E-state index in [9.17, 15) is 4.79 Å². The van der Waals surface area contributed by atoms with Gasteiger partial charge >= 0.3 is 6.09 Å².